The summed E-state index contributed by atoms with van der Waals surface area (Å²) in [5.74, 6) is 0. The van der Waals surface area contributed by atoms with Crippen LogP contribution >= 0.6 is 0 Å². The molecule has 10 heavy (non-hydrogen) atoms. The van der Waals surface area contributed by atoms with E-state index in [0.29, 0.717) is 19.3 Å². The van der Waals surface area contributed by atoms with E-state index in [4.69, 9.17) is 0 Å². The van der Waals surface area contributed by atoms with Gasteiger partial charge in [0.2, 0.25) is 0 Å². The average molecular weight is 168 g/mol. The fourth-order valence-electron chi connectivity index (χ4n) is 0.866. The van der Waals surface area contributed by atoms with Gasteiger partial charge in [-0.2, -0.15) is 8.42 Å². The van der Waals surface area contributed by atoms with Crippen LogP contribution in [-0.4, -0.2) is 13.7 Å². The molecule has 0 heterocycles. The van der Waals surface area contributed by atoms with Crippen LogP contribution in [0.25, 0.3) is 0 Å². The van der Waals surface area contributed by atoms with Gasteiger partial charge in [-0.3, -0.25) is 0 Å². The van der Waals surface area contributed by atoms with Crippen LogP contribution in [0.5, 0.6) is 0 Å². The summed E-state index contributed by atoms with van der Waals surface area (Å²) in [6.07, 6.45) is 1.50. The van der Waals surface area contributed by atoms with E-state index in [-0.39, 0.29) is 0 Å². The lowest BCUT2D eigenvalue weighted by atomic mass is 10.2. The molecule has 0 radical (unpaired) electrons. The molecule has 2 nitrogen and oxygen atoms in total. The molecule has 0 aromatic rings. The van der Waals surface area contributed by atoms with Gasteiger partial charge in [-0.1, -0.05) is 20.3 Å². The average Bonchev–Trinajstić information content (AvgIpc) is 1.80. The molecule has 0 aliphatic heterocycles. The maximum Gasteiger partial charge on any atom is 0.305 e. The Morgan fingerprint density at radius 2 is 1.90 bits per heavy atom. The molecule has 0 saturated carbocycles. The Bertz CT molecular complexity index is 174. The monoisotopic (exact) mass is 168 g/mol. The molecule has 0 spiro atoms. The lowest BCUT2D eigenvalue weighted by molar-refractivity contribution is 0.520. The summed E-state index contributed by atoms with van der Waals surface area (Å²) in [6.45, 7) is 3.52. The Balaban J connectivity index is 4.08. The first-order valence-corrected chi connectivity index (χ1v) is 4.90. The van der Waals surface area contributed by atoms with Gasteiger partial charge in [0.25, 0.3) is 0 Å². The Labute approximate surface area is 61.7 Å². The van der Waals surface area contributed by atoms with Crippen molar-refractivity contribution in [2.24, 2.45) is 0 Å². The molecule has 0 aliphatic rings. The van der Waals surface area contributed by atoms with Crippen LogP contribution < -0.4 is 0 Å². The van der Waals surface area contributed by atoms with Gasteiger partial charge in [-0.25, -0.2) is 0 Å². The van der Waals surface area contributed by atoms with E-state index in [1.807, 2.05) is 6.92 Å². The molecule has 0 bridgehead atoms. The van der Waals surface area contributed by atoms with Crippen molar-refractivity contribution in [1.82, 2.24) is 0 Å². The van der Waals surface area contributed by atoms with Crippen LogP contribution in [0.4, 0.5) is 3.89 Å². The third-order valence-electron chi connectivity index (χ3n) is 1.46. The van der Waals surface area contributed by atoms with Crippen LogP contribution in [0.15, 0.2) is 0 Å². The molecule has 1 atom stereocenters. The molecule has 0 fully saturated rings. The van der Waals surface area contributed by atoms with Crippen molar-refractivity contribution < 1.29 is 12.3 Å². The highest BCUT2D eigenvalue weighted by atomic mass is 32.3. The van der Waals surface area contributed by atoms with E-state index in [9.17, 15) is 12.3 Å². The molecule has 0 saturated heterocycles. The highest BCUT2D eigenvalue weighted by Gasteiger charge is 2.20. The summed E-state index contributed by atoms with van der Waals surface area (Å²) in [5, 5.41) is -0.780. The second-order valence-electron chi connectivity index (χ2n) is 2.29. The summed E-state index contributed by atoms with van der Waals surface area (Å²) < 4.78 is 32.8. The second kappa shape index (κ2) is 3.91. The second-order valence-corrected chi connectivity index (χ2v) is 3.91. The van der Waals surface area contributed by atoms with E-state index in [2.05, 4.69) is 0 Å². The van der Waals surface area contributed by atoms with Crippen LogP contribution in [0, 0.1) is 0 Å². The standard InChI is InChI=1S/C6H13FO2S/c1-3-5-6(4-2)10(7,8)9/h6H,3-5H2,1-2H3. The topological polar surface area (TPSA) is 34.1 Å². The molecule has 0 aromatic heterocycles. The fourth-order valence-corrected chi connectivity index (χ4v) is 1.78. The summed E-state index contributed by atoms with van der Waals surface area (Å²) in [7, 11) is -4.28. The van der Waals surface area contributed by atoms with E-state index in [1.165, 1.54) is 0 Å². The number of hydrogen-bond acceptors (Lipinski definition) is 2. The van der Waals surface area contributed by atoms with Crippen molar-refractivity contribution in [2.45, 2.75) is 38.4 Å². The minimum absolute atomic E-state index is 0.368. The van der Waals surface area contributed by atoms with Crippen molar-refractivity contribution in [2.75, 3.05) is 0 Å². The van der Waals surface area contributed by atoms with E-state index >= 15 is 0 Å². The molecule has 0 amide bonds. The summed E-state index contributed by atoms with van der Waals surface area (Å²) in [5.41, 5.74) is 0. The molecule has 0 N–H and O–H groups in total. The molecule has 0 aromatic carbocycles. The van der Waals surface area contributed by atoms with Crippen molar-refractivity contribution >= 4 is 10.2 Å². The van der Waals surface area contributed by atoms with Crippen LogP contribution in [-0.2, 0) is 10.2 Å². The van der Waals surface area contributed by atoms with Gasteiger partial charge in [0.1, 0.15) is 0 Å². The predicted octanol–water partition coefficient (Wildman–Crippen LogP) is 1.86. The maximum atomic E-state index is 12.2. The van der Waals surface area contributed by atoms with E-state index in [1.54, 1.807) is 6.92 Å². The summed E-state index contributed by atoms with van der Waals surface area (Å²) in [6, 6.07) is 0. The van der Waals surface area contributed by atoms with Crippen molar-refractivity contribution in [3.05, 3.63) is 0 Å². The van der Waals surface area contributed by atoms with Crippen LogP contribution in [0.3, 0.4) is 0 Å². The Kier molecular flexibility index (Phi) is 3.86. The first kappa shape index (κ1) is 9.88. The molecular formula is C6H13FO2S. The number of rotatable bonds is 4. The molecule has 0 aliphatic carbocycles. The Morgan fingerprint density at radius 1 is 1.40 bits per heavy atom. The molecular weight excluding hydrogens is 155 g/mol. The Morgan fingerprint density at radius 3 is 2.00 bits per heavy atom. The van der Waals surface area contributed by atoms with Gasteiger partial charge < -0.3 is 0 Å². The van der Waals surface area contributed by atoms with Gasteiger partial charge in [0, 0.05) is 0 Å². The first-order valence-electron chi connectivity index (χ1n) is 3.45. The number of halogens is 1. The quantitative estimate of drug-likeness (QED) is 0.600. The zero-order valence-electron chi connectivity index (χ0n) is 6.30. The van der Waals surface area contributed by atoms with Gasteiger partial charge in [0.15, 0.2) is 0 Å². The zero-order valence-corrected chi connectivity index (χ0v) is 7.12. The third kappa shape index (κ3) is 3.15. The molecule has 1 unspecified atom stereocenters. The first-order chi connectivity index (χ1) is 4.52. The lowest BCUT2D eigenvalue weighted by Gasteiger charge is -2.06. The highest BCUT2D eigenvalue weighted by molar-refractivity contribution is 7.87. The fraction of sp³-hybridized carbons (Fsp3) is 1.00. The van der Waals surface area contributed by atoms with E-state index < -0.39 is 15.5 Å². The smallest absolute Gasteiger partial charge is 0.195 e. The van der Waals surface area contributed by atoms with Gasteiger partial charge in [-0.15, -0.1) is 3.89 Å². The highest BCUT2D eigenvalue weighted by Crippen LogP contribution is 2.13. The summed E-state index contributed by atoms with van der Waals surface area (Å²) in [4.78, 5) is 0. The SMILES string of the molecule is CCCC(CC)S(=O)(=O)F. The zero-order chi connectivity index (χ0) is 8.20. The van der Waals surface area contributed by atoms with Crippen molar-refractivity contribution in [1.29, 1.82) is 0 Å². The lowest BCUT2D eigenvalue weighted by Crippen LogP contribution is -2.15. The summed E-state index contributed by atoms with van der Waals surface area (Å²) >= 11 is 0. The van der Waals surface area contributed by atoms with Gasteiger partial charge in [0.05, 0.1) is 5.25 Å². The van der Waals surface area contributed by atoms with Crippen molar-refractivity contribution in [3.63, 3.8) is 0 Å². The van der Waals surface area contributed by atoms with Gasteiger partial charge >= 0.3 is 10.2 Å². The minimum atomic E-state index is -4.28. The van der Waals surface area contributed by atoms with E-state index in [0.717, 1.165) is 0 Å². The van der Waals surface area contributed by atoms with Crippen molar-refractivity contribution in [3.8, 4) is 0 Å². The third-order valence-corrected chi connectivity index (χ3v) is 2.83. The van der Waals surface area contributed by atoms with Gasteiger partial charge in [-0.05, 0) is 12.8 Å². The minimum Gasteiger partial charge on any atom is -0.195 e. The predicted molar refractivity (Wildman–Crippen MR) is 39.0 cm³/mol. The largest absolute Gasteiger partial charge is 0.305 e. The Hall–Kier alpha value is -0.120. The maximum absolute atomic E-state index is 12.2. The molecule has 0 rings (SSSR count). The van der Waals surface area contributed by atoms with Crippen LogP contribution in [0.2, 0.25) is 0 Å². The number of hydrogen-bond donors (Lipinski definition) is 0. The molecule has 62 valence electrons. The van der Waals surface area contributed by atoms with Crippen LogP contribution in [0.1, 0.15) is 33.1 Å². The normalized spacial score (nSPS) is 15.1. The molecule has 4 heteroatoms.